The van der Waals surface area contributed by atoms with Crippen molar-refractivity contribution in [2.75, 3.05) is 32.5 Å². The Bertz CT molecular complexity index is 333. The van der Waals surface area contributed by atoms with E-state index in [1.54, 1.807) is 0 Å². The van der Waals surface area contributed by atoms with Crippen LogP contribution in [0.4, 0.5) is 5.69 Å². The molecule has 1 fully saturated rings. The highest BCUT2D eigenvalue weighted by atomic mass is 16.5. The van der Waals surface area contributed by atoms with E-state index in [9.17, 15) is 0 Å². The van der Waals surface area contributed by atoms with Crippen LogP contribution in [0.2, 0.25) is 0 Å². The average molecular weight is 234 g/mol. The molecule has 2 rings (SSSR count). The molecule has 1 aromatic rings. The quantitative estimate of drug-likeness (QED) is 0.581. The van der Waals surface area contributed by atoms with Crippen LogP contribution >= 0.6 is 0 Å². The molecule has 0 heterocycles. The van der Waals surface area contributed by atoms with E-state index < -0.39 is 0 Å². The summed E-state index contributed by atoms with van der Waals surface area (Å²) in [7, 11) is 2.20. The summed E-state index contributed by atoms with van der Waals surface area (Å²) in [5, 5.41) is 0. The van der Waals surface area contributed by atoms with Crippen LogP contribution in [0.3, 0.4) is 0 Å². The molecule has 0 saturated heterocycles. The Labute approximate surface area is 104 Å². The van der Waals surface area contributed by atoms with Crippen molar-refractivity contribution in [3.05, 3.63) is 24.3 Å². The van der Waals surface area contributed by atoms with E-state index in [1.165, 1.54) is 19.4 Å². The van der Waals surface area contributed by atoms with E-state index in [1.807, 2.05) is 24.3 Å². The van der Waals surface area contributed by atoms with Gasteiger partial charge >= 0.3 is 0 Å². The zero-order chi connectivity index (χ0) is 12.1. The van der Waals surface area contributed by atoms with Gasteiger partial charge in [-0.25, -0.2) is 0 Å². The van der Waals surface area contributed by atoms with Gasteiger partial charge in [0.25, 0.3) is 0 Å². The molecular formula is C14H22N2O. The second-order valence-electron chi connectivity index (χ2n) is 4.98. The molecule has 0 aromatic heterocycles. The largest absolute Gasteiger partial charge is 0.494 e. The van der Waals surface area contributed by atoms with Crippen LogP contribution in [-0.4, -0.2) is 31.6 Å². The number of ether oxygens (including phenoxy) is 1. The van der Waals surface area contributed by atoms with Crippen LogP contribution in [0.1, 0.15) is 19.3 Å². The second-order valence-corrected chi connectivity index (χ2v) is 4.98. The molecule has 17 heavy (non-hydrogen) atoms. The fourth-order valence-corrected chi connectivity index (χ4v) is 1.92. The van der Waals surface area contributed by atoms with Crippen molar-refractivity contribution >= 4 is 5.69 Å². The highest BCUT2D eigenvalue weighted by Gasteiger charge is 2.22. The minimum Gasteiger partial charge on any atom is -0.494 e. The van der Waals surface area contributed by atoms with E-state index in [0.29, 0.717) is 0 Å². The van der Waals surface area contributed by atoms with Crippen LogP contribution in [0.25, 0.3) is 0 Å². The Morgan fingerprint density at radius 1 is 1.29 bits per heavy atom. The summed E-state index contributed by atoms with van der Waals surface area (Å²) in [5.41, 5.74) is 6.39. The van der Waals surface area contributed by atoms with E-state index in [4.69, 9.17) is 10.5 Å². The zero-order valence-corrected chi connectivity index (χ0v) is 10.6. The third-order valence-electron chi connectivity index (χ3n) is 3.10. The third kappa shape index (κ3) is 4.65. The molecule has 0 spiro atoms. The Balaban J connectivity index is 1.57. The van der Waals surface area contributed by atoms with Crippen molar-refractivity contribution in [2.45, 2.75) is 19.3 Å². The molecule has 0 unspecified atom stereocenters. The van der Waals surface area contributed by atoms with Gasteiger partial charge in [-0.15, -0.1) is 0 Å². The molecule has 1 aromatic carbocycles. The number of nitrogens with zero attached hydrogens (tertiary/aromatic N) is 1. The summed E-state index contributed by atoms with van der Waals surface area (Å²) < 4.78 is 5.65. The normalized spacial score (nSPS) is 15.2. The molecular weight excluding hydrogens is 212 g/mol. The molecule has 94 valence electrons. The second kappa shape index (κ2) is 5.92. The smallest absolute Gasteiger partial charge is 0.119 e. The van der Waals surface area contributed by atoms with Gasteiger partial charge in [0.1, 0.15) is 5.75 Å². The van der Waals surface area contributed by atoms with Crippen LogP contribution in [0.15, 0.2) is 24.3 Å². The van der Waals surface area contributed by atoms with Crippen molar-refractivity contribution in [1.82, 2.24) is 4.90 Å². The van der Waals surface area contributed by atoms with E-state index in [2.05, 4.69) is 11.9 Å². The van der Waals surface area contributed by atoms with Gasteiger partial charge in [-0.3, -0.25) is 0 Å². The number of anilines is 1. The molecule has 1 saturated carbocycles. The molecule has 3 heteroatoms. The number of nitrogens with two attached hydrogens (primary N) is 1. The standard InChI is InChI=1S/C14H22N2O/c1-16(11-12-3-4-12)9-2-10-17-14-7-5-13(15)6-8-14/h5-8,12H,2-4,9-11,15H2,1H3. The Morgan fingerprint density at radius 2 is 2.00 bits per heavy atom. The molecule has 1 aliphatic carbocycles. The fraction of sp³-hybridized carbons (Fsp3) is 0.571. The van der Waals surface area contributed by atoms with Crippen LogP contribution in [-0.2, 0) is 0 Å². The van der Waals surface area contributed by atoms with Crippen molar-refractivity contribution in [3.63, 3.8) is 0 Å². The summed E-state index contributed by atoms with van der Waals surface area (Å²) in [6.45, 7) is 3.15. The van der Waals surface area contributed by atoms with Crippen molar-refractivity contribution < 1.29 is 4.74 Å². The lowest BCUT2D eigenvalue weighted by molar-refractivity contribution is 0.258. The van der Waals surface area contributed by atoms with Gasteiger partial charge in [0.2, 0.25) is 0 Å². The Morgan fingerprint density at radius 3 is 2.65 bits per heavy atom. The summed E-state index contributed by atoms with van der Waals surface area (Å²) in [6, 6.07) is 7.58. The van der Waals surface area contributed by atoms with E-state index >= 15 is 0 Å². The van der Waals surface area contributed by atoms with Gasteiger partial charge < -0.3 is 15.4 Å². The molecule has 0 bridgehead atoms. The Hall–Kier alpha value is -1.22. The van der Waals surface area contributed by atoms with Gasteiger partial charge in [0.05, 0.1) is 6.61 Å². The lowest BCUT2D eigenvalue weighted by atomic mass is 10.3. The summed E-state index contributed by atoms with van der Waals surface area (Å²) in [5.74, 6) is 1.88. The number of hydrogen-bond donors (Lipinski definition) is 1. The summed E-state index contributed by atoms with van der Waals surface area (Å²) in [6.07, 6.45) is 3.92. The molecule has 1 aliphatic rings. The van der Waals surface area contributed by atoms with Crippen LogP contribution in [0, 0.1) is 5.92 Å². The molecule has 3 nitrogen and oxygen atoms in total. The number of benzene rings is 1. The predicted molar refractivity (Wildman–Crippen MR) is 71.2 cm³/mol. The van der Waals surface area contributed by atoms with Crippen LogP contribution in [0.5, 0.6) is 5.75 Å². The highest BCUT2D eigenvalue weighted by molar-refractivity contribution is 5.41. The molecule has 2 N–H and O–H groups in total. The Kier molecular flexibility index (Phi) is 4.26. The van der Waals surface area contributed by atoms with Crippen LogP contribution < -0.4 is 10.5 Å². The summed E-state index contributed by atoms with van der Waals surface area (Å²) in [4.78, 5) is 2.41. The zero-order valence-electron chi connectivity index (χ0n) is 10.6. The van der Waals surface area contributed by atoms with Gasteiger partial charge in [-0.2, -0.15) is 0 Å². The minimum atomic E-state index is 0.777. The molecule has 0 aliphatic heterocycles. The number of hydrogen-bond acceptors (Lipinski definition) is 3. The highest BCUT2D eigenvalue weighted by Crippen LogP contribution is 2.29. The maximum absolute atomic E-state index is 5.65. The average Bonchev–Trinajstić information content (AvgIpc) is 3.11. The molecule has 0 atom stereocenters. The van der Waals surface area contributed by atoms with Gasteiger partial charge in [0, 0.05) is 18.8 Å². The van der Waals surface area contributed by atoms with Crippen molar-refractivity contribution in [2.24, 2.45) is 5.92 Å². The number of rotatable bonds is 7. The molecule has 0 radical (unpaired) electrons. The minimum absolute atomic E-state index is 0.777. The van der Waals surface area contributed by atoms with Gasteiger partial charge in [-0.1, -0.05) is 0 Å². The van der Waals surface area contributed by atoms with E-state index in [0.717, 1.165) is 36.9 Å². The lowest BCUT2D eigenvalue weighted by Crippen LogP contribution is -2.23. The van der Waals surface area contributed by atoms with Gasteiger partial charge in [0.15, 0.2) is 0 Å². The first-order chi connectivity index (χ1) is 8.24. The van der Waals surface area contributed by atoms with Gasteiger partial charge in [-0.05, 0) is 56.5 Å². The predicted octanol–water partition coefficient (Wildman–Crippen LogP) is 2.38. The monoisotopic (exact) mass is 234 g/mol. The first kappa shape index (κ1) is 12.2. The third-order valence-corrected chi connectivity index (χ3v) is 3.10. The van der Waals surface area contributed by atoms with Crippen molar-refractivity contribution in [1.29, 1.82) is 0 Å². The maximum atomic E-state index is 5.65. The SMILES string of the molecule is CN(CCCOc1ccc(N)cc1)CC1CC1. The topological polar surface area (TPSA) is 38.5 Å². The molecule has 0 amide bonds. The fourth-order valence-electron chi connectivity index (χ4n) is 1.92. The maximum Gasteiger partial charge on any atom is 0.119 e. The lowest BCUT2D eigenvalue weighted by Gasteiger charge is -2.16. The first-order valence-corrected chi connectivity index (χ1v) is 6.41. The first-order valence-electron chi connectivity index (χ1n) is 6.41. The van der Waals surface area contributed by atoms with Crippen molar-refractivity contribution in [3.8, 4) is 5.75 Å². The number of nitrogen functional groups attached to an aromatic ring is 1. The van der Waals surface area contributed by atoms with E-state index in [-0.39, 0.29) is 0 Å². The summed E-state index contributed by atoms with van der Waals surface area (Å²) >= 11 is 0.